The van der Waals surface area contributed by atoms with Crippen LogP contribution >= 0.6 is 0 Å². The van der Waals surface area contributed by atoms with Crippen molar-refractivity contribution in [2.45, 2.75) is 26.2 Å². The summed E-state index contributed by atoms with van der Waals surface area (Å²) in [5.41, 5.74) is 2.61. The first kappa shape index (κ1) is 12.4. The molecule has 1 heterocycles. The van der Waals surface area contributed by atoms with E-state index in [9.17, 15) is 9.59 Å². The zero-order chi connectivity index (χ0) is 13.4. The fourth-order valence-corrected chi connectivity index (χ4v) is 3.21. The Labute approximate surface area is 113 Å². The van der Waals surface area contributed by atoms with Crippen LogP contribution in [0.4, 0.5) is 0 Å². The Kier molecular flexibility index (Phi) is 3.13. The van der Waals surface area contributed by atoms with Crippen LogP contribution < -0.4 is 0 Å². The second-order valence-corrected chi connectivity index (χ2v) is 5.78. The Morgan fingerprint density at radius 2 is 1.84 bits per heavy atom. The number of benzene rings is 1. The summed E-state index contributed by atoms with van der Waals surface area (Å²) >= 11 is 0. The number of Topliss-reactive ketones (excluding diaryl/α,β-unsaturated/α-hetero) is 1. The molecular formula is C16H19NO2. The molecule has 1 aliphatic carbocycles. The number of ketones is 1. The quantitative estimate of drug-likeness (QED) is 0.770. The van der Waals surface area contributed by atoms with Crippen molar-refractivity contribution >= 4 is 11.7 Å². The molecule has 3 nitrogen and oxygen atoms in total. The monoisotopic (exact) mass is 257 g/mol. The lowest BCUT2D eigenvalue weighted by Crippen LogP contribution is -2.45. The van der Waals surface area contributed by atoms with Crippen LogP contribution in [-0.4, -0.2) is 29.7 Å². The summed E-state index contributed by atoms with van der Waals surface area (Å²) in [6.07, 6.45) is 2.23. The van der Waals surface area contributed by atoms with Crippen molar-refractivity contribution in [2.75, 3.05) is 13.1 Å². The molecule has 1 aromatic carbocycles. The molecule has 0 aromatic heterocycles. The van der Waals surface area contributed by atoms with Crippen LogP contribution in [0.5, 0.6) is 0 Å². The number of fused-ring (bicyclic) bond motifs is 1. The molecule has 1 fully saturated rings. The minimum Gasteiger partial charge on any atom is -0.341 e. The first-order valence-electron chi connectivity index (χ1n) is 7.03. The summed E-state index contributed by atoms with van der Waals surface area (Å²) in [6, 6.07) is 8.30. The normalized spacial score (nSPS) is 23.5. The van der Waals surface area contributed by atoms with Gasteiger partial charge in [-0.2, -0.15) is 0 Å². The molecule has 0 spiro atoms. The number of rotatable bonds is 1. The van der Waals surface area contributed by atoms with Crippen LogP contribution in [0.25, 0.3) is 0 Å². The van der Waals surface area contributed by atoms with Gasteiger partial charge in [0.2, 0.25) is 5.91 Å². The summed E-state index contributed by atoms with van der Waals surface area (Å²) in [4.78, 5) is 26.0. The molecule has 1 aromatic rings. The van der Waals surface area contributed by atoms with Crippen LogP contribution in [0, 0.1) is 11.8 Å². The molecule has 1 amide bonds. The average Bonchev–Trinajstić information content (AvgIpc) is 2.85. The minimum absolute atomic E-state index is 0.00137. The van der Waals surface area contributed by atoms with E-state index in [1.807, 2.05) is 24.0 Å². The summed E-state index contributed by atoms with van der Waals surface area (Å²) in [5, 5.41) is 0. The highest BCUT2D eigenvalue weighted by Gasteiger charge is 2.33. The Bertz CT molecular complexity index is 498. The summed E-state index contributed by atoms with van der Waals surface area (Å²) in [5.74, 6) is 0.605. The van der Waals surface area contributed by atoms with E-state index in [2.05, 4.69) is 12.1 Å². The smallest absolute Gasteiger partial charge is 0.226 e. The Morgan fingerprint density at radius 3 is 2.42 bits per heavy atom. The van der Waals surface area contributed by atoms with Gasteiger partial charge in [0, 0.05) is 31.3 Å². The van der Waals surface area contributed by atoms with Gasteiger partial charge in [-0.3, -0.25) is 9.59 Å². The van der Waals surface area contributed by atoms with Crippen molar-refractivity contribution in [1.82, 2.24) is 4.90 Å². The van der Waals surface area contributed by atoms with Gasteiger partial charge in [-0.25, -0.2) is 0 Å². The van der Waals surface area contributed by atoms with Crippen molar-refractivity contribution in [3.05, 3.63) is 35.4 Å². The number of carbonyl (C=O) groups excluding carboxylic acids is 2. The maximum absolute atomic E-state index is 12.5. The summed E-state index contributed by atoms with van der Waals surface area (Å²) in [6.45, 7) is 3.13. The van der Waals surface area contributed by atoms with E-state index >= 15 is 0 Å². The Hall–Kier alpha value is -1.64. The lowest BCUT2D eigenvalue weighted by molar-refractivity contribution is -0.140. The van der Waals surface area contributed by atoms with Crippen LogP contribution in [-0.2, 0) is 22.4 Å². The molecule has 0 radical (unpaired) electrons. The minimum atomic E-state index is 0.00137. The van der Waals surface area contributed by atoms with E-state index in [0.29, 0.717) is 25.3 Å². The third-order valence-electron chi connectivity index (χ3n) is 4.38. The first-order chi connectivity index (χ1) is 9.15. The van der Waals surface area contributed by atoms with Gasteiger partial charge in [0.25, 0.3) is 0 Å². The van der Waals surface area contributed by atoms with Gasteiger partial charge in [0.1, 0.15) is 5.78 Å². The van der Waals surface area contributed by atoms with Crippen LogP contribution in [0.15, 0.2) is 24.3 Å². The van der Waals surface area contributed by atoms with E-state index in [1.54, 1.807) is 0 Å². The zero-order valence-electron chi connectivity index (χ0n) is 11.3. The third kappa shape index (κ3) is 2.29. The number of piperidine rings is 1. The van der Waals surface area contributed by atoms with Crippen LogP contribution in [0.1, 0.15) is 24.5 Å². The highest BCUT2D eigenvalue weighted by Crippen LogP contribution is 2.28. The average molecular weight is 257 g/mol. The topological polar surface area (TPSA) is 37.4 Å². The molecule has 0 saturated carbocycles. The summed E-state index contributed by atoms with van der Waals surface area (Å²) in [7, 11) is 0. The van der Waals surface area contributed by atoms with Crippen molar-refractivity contribution in [1.29, 1.82) is 0 Å². The van der Waals surface area contributed by atoms with Crippen molar-refractivity contribution < 1.29 is 9.59 Å². The lowest BCUT2D eigenvalue weighted by Gasteiger charge is -2.32. The molecule has 0 bridgehead atoms. The molecular weight excluding hydrogens is 238 g/mol. The molecule has 1 saturated heterocycles. The molecule has 3 heteroatoms. The highest BCUT2D eigenvalue weighted by molar-refractivity contribution is 5.86. The number of hydrogen-bond acceptors (Lipinski definition) is 2. The molecule has 1 aliphatic heterocycles. The molecule has 1 unspecified atom stereocenters. The fraction of sp³-hybridized carbons (Fsp3) is 0.500. The number of amides is 1. The van der Waals surface area contributed by atoms with Gasteiger partial charge >= 0.3 is 0 Å². The van der Waals surface area contributed by atoms with E-state index in [0.717, 1.165) is 12.8 Å². The maximum Gasteiger partial charge on any atom is 0.226 e. The zero-order valence-corrected chi connectivity index (χ0v) is 11.3. The molecule has 2 aliphatic rings. The standard InChI is InChI=1S/C16H19NO2/c1-11-10-17(7-6-15(11)18)16(19)14-8-12-4-2-3-5-13(12)9-14/h2-5,11,14H,6-10H2,1H3. The molecule has 1 atom stereocenters. The van der Waals surface area contributed by atoms with Gasteiger partial charge in [0.05, 0.1) is 0 Å². The van der Waals surface area contributed by atoms with Gasteiger partial charge in [-0.15, -0.1) is 0 Å². The van der Waals surface area contributed by atoms with Crippen molar-refractivity contribution in [3.8, 4) is 0 Å². The first-order valence-corrected chi connectivity index (χ1v) is 7.03. The van der Waals surface area contributed by atoms with Gasteiger partial charge < -0.3 is 4.90 Å². The number of nitrogens with zero attached hydrogens (tertiary/aromatic N) is 1. The number of likely N-dealkylation sites (tertiary alicyclic amines) is 1. The maximum atomic E-state index is 12.5. The number of carbonyl (C=O) groups is 2. The van der Waals surface area contributed by atoms with E-state index in [-0.39, 0.29) is 17.7 Å². The van der Waals surface area contributed by atoms with Gasteiger partial charge in [-0.05, 0) is 24.0 Å². The SMILES string of the molecule is CC1CN(C(=O)C2Cc3ccccc3C2)CCC1=O. The lowest BCUT2D eigenvalue weighted by atomic mass is 9.96. The molecule has 3 rings (SSSR count). The Morgan fingerprint density at radius 1 is 1.21 bits per heavy atom. The second-order valence-electron chi connectivity index (χ2n) is 5.78. The predicted octanol–water partition coefficient (Wildman–Crippen LogP) is 1.84. The van der Waals surface area contributed by atoms with Crippen LogP contribution in [0.2, 0.25) is 0 Å². The van der Waals surface area contributed by atoms with E-state index in [4.69, 9.17) is 0 Å². The molecule has 0 N–H and O–H groups in total. The summed E-state index contributed by atoms with van der Waals surface area (Å²) < 4.78 is 0. The Balaban J connectivity index is 1.68. The molecule has 100 valence electrons. The van der Waals surface area contributed by atoms with Crippen molar-refractivity contribution in [2.24, 2.45) is 11.8 Å². The molecule has 19 heavy (non-hydrogen) atoms. The second kappa shape index (κ2) is 4.80. The van der Waals surface area contributed by atoms with Gasteiger partial charge in [-0.1, -0.05) is 31.2 Å². The fourth-order valence-electron chi connectivity index (χ4n) is 3.21. The third-order valence-corrected chi connectivity index (χ3v) is 4.38. The van der Waals surface area contributed by atoms with E-state index < -0.39 is 0 Å². The largest absolute Gasteiger partial charge is 0.341 e. The highest BCUT2D eigenvalue weighted by atomic mass is 16.2. The van der Waals surface area contributed by atoms with Crippen molar-refractivity contribution in [3.63, 3.8) is 0 Å². The van der Waals surface area contributed by atoms with Crippen LogP contribution in [0.3, 0.4) is 0 Å². The van der Waals surface area contributed by atoms with Gasteiger partial charge in [0.15, 0.2) is 0 Å². The predicted molar refractivity (Wildman–Crippen MR) is 72.7 cm³/mol. The van der Waals surface area contributed by atoms with E-state index in [1.165, 1.54) is 11.1 Å². The number of hydrogen-bond donors (Lipinski definition) is 0.